The van der Waals surface area contributed by atoms with Crippen LogP contribution in [0.4, 0.5) is 5.69 Å². The molecule has 1 fully saturated rings. The van der Waals surface area contributed by atoms with E-state index in [9.17, 15) is 10.4 Å². The zero-order valence-electron chi connectivity index (χ0n) is 14.4. The van der Waals surface area contributed by atoms with Crippen molar-refractivity contribution in [3.05, 3.63) is 29.0 Å². The maximum Gasteiger partial charge on any atom is 0.134 e. The van der Waals surface area contributed by atoms with Gasteiger partial charge in [0.15, 0.2) is 0 Å². The van der Waals surface area contributed by atoms with Gasteiger partial charge in [-0.3, -0.25) is 4.98 Å². The third-order valence-corrected chi connectivity index (χ3v) is 5.44. The minimum atomic E-state index is 0.0405. The van der Waals surface area contributed by atoms with Crippen molar-refractivity contribution < 1.29 is 5.11 Å². The predicted molar refractivity (Wildman–Crippen MR) is 98.9 cm³/mol. The summed E-state index contributed by atoms with van der Waals surface area (Å²) < 4.78 is 0. The summed E-state index contributed by atoms with van der Waals surface area (Å²) >= 11 is 0. The highest BCUT2D eigenvalue weighted by atomic mass is 16.3. The molecule has 0 bridgehead atoms. The summed E-state index contributed by atoms with van der Waals surface area (Å²) in [5.74, 6) is 0.0405. The zero-order valence-corrected chi connectivity index (χ0v) is 14.4. The monoisotopic (exact) mass is 336 g/mol. The highest BCUT2D eigenvalue weighted by Crippen LogP contribution is 2.36. The molecule has 0 amide bonds. The molecule has 0 saturated carbocycles. The van der Waals surface area contributed by atoms with Crippen LogP contribution in [-0.4, -0.2) is 29.2 Å². The summed E-state index contributed by atoms with van der Waals surface area (Å²) in [6.07, 6.45) is 7.81. The molecule has 0 spiro atoms. The molecular formula is C20H24N4O. The maximum absolute atomic E-state index is 10.2. The summed E-state index contributed by atoms with van der Waals surface area (Å²) in [5.41, 5.74) is 4.71. The summed E-state index contributed by atoms with van der Waals surface area (Å²) in [6.45, 7) is 2.07. The van der Waals surface area contributed by atoms with E-state index in [1.54, 1.807) is 12.1 Å². The first-order chi connectivity index (χ1) is 12.3. The first kappa shape index (κ1) is 16.2. The molecule has 130 valence electrons. The zero-order chi connectivity index (χ0) is 17.2. The predicted octanol–water partition coefficient (Wildman–Crippen LogP) is 3.24. The Labute approximate surface area is 148 Å². The van der Waals surface area contributed by atoms with Crippen LogP contribution in [-0.2, 0) is 12.8 Å². The van der Waals surface area contributed by atoms with Crippen molar-refractivity contribution in [3.8, 4) is 11.8 Å². The van der Waals surface area contributed by atoms with Gasteiger partial charge in [0.05, 0.1) is 11.1 Å². The number of phenolic OH excluding ortho intramolecular Hbond substituents is 1. The molecule has 2 heterocycles. The van der Waals surface area contributed by atoms with E-state index >= 15 is 0 Å². The fourth-order valence-corrected chi connectivity index (χ4v) is 4.06. The number of rotatable bonds is 2. The van der Waals surface area contributed by atoms with Gasteiger partial charge in [0.2, 0.25) is 0 Å². The van der Waals surface area contributed by atoms with Gasteiger partial charge in [0, 0.05) is 22.8 Å². The number of nitriles is 1. The van der Waals surface area contributed by atoms with Crippen molar-refractivity contribution in [3.63, 3.8) is 0 Å². The van der Waals surface area contributed by atoms with Gasteiger partial charge in [0.25, 0.3) is 0 Å². The van der Waals surface area contributed by atoms with Gasteiger partial charge in [-0.25, -0.2) is 0 Å². The smallest absolute Gasteiger partial charge is 0.134 e. The Morgan fingerprint density at radius 1 is 1.16 bits per heavy atom. The molecule has 0 unspecified atom stereocenters. The Hall–Kier alpha value is -2.32. The number of hydrogen-bond acceptors (Lipinski definition) is 5. The first-order valence-corrected chi connectivity index (χ1v) is 9.32. The largest absolute Gasteiger partial charge is 0.507 e. The van der Waals surface area contributed by atoms with Gasteiger partial charge in [-0.1, -0.05) is 6.42 Å². The number of pyridine rings is 1. The Morgan fingerprint density at radius 2 is 1.96 bits per heavy atom. The van der Waals surface area contributed by atoms with Gasteiger partial charge < -0.3 is 15.7 Å². The summed E-state index contributed by atoms with van der Waals surface area (Å²) in [5, 5.41) is 27.6. The Balaban J connectivity index is 1.87. The van der Waals surface area contributed by atoms with Crippen LogP contribution in [0, 0.1) is 11.3 Å². The average Bonchev–Trinajstić information content (AvgIpc) is 2.88. The number of benzene rings is 1. The molecule has 4 rings (SSSR count). The quantitative estimate of drug-likeness (QED) is 0.734. The number of fused-ring (bicyclic) bond motifs is 2. The van der Waals surface area contributed by atoms with Gasteiger partial charge in [-0.05, 0) is 69.3 Å². The highest BCUT2D eigenvalue weighted by Gasteiger charge is 2.21. The molecule has 25 heavy (non-hydrogen) atoms. The molecule has 5 heteroatoms. The van der Waals surface area contributed by atoms with Crippen LogP contribution >= 0.6 is 0 Å². The number of aromatic nitrogens is 1. The van der Waals surface area contributed by atoms with E-state index in [0.29, 0.717) is 11.6 Å². The number of aryl methyl sites for hydroxylation is 1. The van der Waals surface area contributed by atoms with Gasteiger partial charge >= 0.3 is 0 Å². The van der Waals surface area contributed by atoms with Crippen LogP contribution in [0.5, 0.6) is 5.75 Å². The number of nitrogens with one attached hydrogen (secondary N) is 2. The van der Waals surface area contributed by atoms with Crippen LogP contribution in [0.2, 0.25) is 0 Å². The Bertz CT molecular complexity index is 834. The van der Waals surface area contributed by atoms with Crippen molar-refractivity contribution in [2.75, 3.05) is 18.4 Å². The minimum Gasteiger partial charge on any atom is -0.507 e. The maximum atomic E-state index is 10.2. The number of phenols is 1. The molecule has 2 aliphatic rings. The molecule has 0 radical (unpaired) electrons. The topological polar surface area (TPSA) is 81.0 Å². The molecule has 1 saturated heterocycles. The van der Waals surface area contributed by atoms with Crippen molar-refractivity contribution in [1.29, 1.82) is 5.26 Å². The number of anilines is 1. The van der Waals surface area contributed by atoms with Crippen LogP contribution in [0.3, 0.4) is 0 Å². The van der Waals surface area contributed by atoms with Crippen LogP contribution < -0.4 is 10.6 Å². The second-order valence-corrected chi connectivity index (χ2v) is 7.14. The third kappa shape index (κ3) is 3.14. The SMILES string of the molecule is N#Cc1cc2nc3c(c(NC4CCNCC4)c2cc1O)CCCCC3. The molecule has 3 N–H and O–H groups in total. The van der Waals surface area contributed by atoms with Crippen molar-refractivity contribution in [2.45, 2.75) is 51.0 Å². The Morgan fingerprint density at radius 3 is 2.76 bits per heavy atom. The minimum absolute atomic E-state index is 0.0405. The fourth-order valence-electron chi connectivity index (χ4n) is 4.06. The lowest BCUT2D eigenvalue weighted by atomic mass is 9.98. The van der Waals surface area contributed by atoms with E-state index in [4.69, 9.17) is 4.98 Å². The van der Waals surface area contributed by atoms with Gasteiger partial charge in [-0.15, -0.1) is 0 Å². The van der Waals surface area contributed by atoms with Crippen LogP contribution in [0.1, 0.15) is 48.9 Å². The summed E-state index contributed by atoms with van der Waals surface area (Å²) in [6, 6.07) is 5.95. The van der Waals surface area contributed by atoms with Crippen LogP contribution in [0.25, 0.3) is 10.9 Å². The number of aromatic hydroxyl groups is 1. The average molecular weight is 336 g/mol. The van der Waals surface area contributed by atoms with Crippen LogP contribution in [0.15, 0.2) is 12.1 Å². The molecule has 1 aliphatic carbocycles. The number of nitrogens with zero attached hydrogens (tertiary/aromatic N) is 2. The van der Waals surface area contributed by atoms with E-state index in [1.165, 1.54) is 24.8 Å². The van der Waals surface area contributed by atoms with Gasteiger partial charge in [-0.2, -0.15) is 5.26 Å². The molecule has 1 aliphatic heterocycles. The third-order valence-electron chi connectivity index (χ3n) is 5.44. The van der Waals surface area contributed by atoms with Gasteiger partial charge in [0.1, 0.15) is 11.8 Å². The summed E-state index contributed by atoms with van der Waals surface area (Å²) in [4.78, 5) is 4.86. The van der Waals surface area contributed by atoms with E-state index in [-0.39, 0.29) is 5.75 Å². The standard InChI is InChI=1S/C20H24N4O/c21-12-13-10-18-16(11-19(13)25)20(23-14-6-8-22-9-7-14)15-4-2-1-3-5-17(15)24-18/h10-11,14,22,25H,1-9H2,(H,23,24). The molecule has 0 atom stereocenters. The van der Waals surface area contributed by atoms with Crippen molar-refractivity contribution in [1.82, 2.24) is 10.3 Å². The molecule has 1 aromatic carbocycles. The second kappa shape index (κ2) is 6.89. The number of piperidine rings is 1. The summed E-state index contributed by atoms with van der Waals surface area (Å²) in [7, 11) is 0. The van der Waals surface area contributed by atoms with Crippen molar-refractivity contribution in [2.24, 2.45) is 0 Å². The van der Waals surface area contributed by atoms with Crippen molar-refractivity contribution >= 4 is 16.6 Å². The highest BCUT2D eigenvalue weighted by molar-refractivity contribution is 5.95. The lowest BCUT2D eigenvalue weighted by Gasteiger charge is -2.27. The van der Waals surface area contributed by atoms with E-state index in [1.807, 2.05) is 0 Å². The second-order valence-electron chi connectivity index (χ2n) is 7.14. The van der Waals surface area contributed by atoms with E-state index in [0.717, 1.165) is 61.1 Å². The van der Waals surface area contributed by atoms with E-state index in [2.05, 4.69) is 16.7 Å². The molecule has 5 nitrogen and oxygen atoms in total. The van der Waals surface area contributed by atoms with E-state index < -0.39 is 0 Å². The molecule has 1 aromatic heterocycles. The normalized spacial score (nSPS) is 18.4. The Kier molecular flexibility index (Phi) is 4.46. The molecular weight excluding hydrogens is 312 g/mol. The number of hydrogen-bond donors (Lipinski definition) is 3. The lowest BCUT2D eigenvalue weighted by Crippen LogP contribution is -2.35. The fraction of sp³-hybridized carbons (Fsp3) is 0.500. The molecule has 2 aromatic rings. The first-order valence-electron chi connectivity index (χ1n) is 9.32. The lowest BCUT2D eigenvalue weighted by molar-refractivity contribution is 0.474.